The Morgan fingerprint density at radius 3 is 2.71 bits per heavy atom. The van der Waals surface area contributed by atoms with E-state index in [1.165, 1.54) is 6.07 Å². The number of rotatable bonds is 2. The Balaban J connectivity index is 2.55. The summed E-state index contributed by atoms with van der Waals surface area (Å²) in [5.74, 6) is 0. The molecule has 1 aromatic carbocycles. The van der Waals surface area contributed by atoms with Crippen molar-refractivity contribution in [2.75, 3.05) is 11.9 Å². The lowest BCUT2D eigenvalue weighted by Gasteiger charge is -2.28. The fourth-order valence-corrected chi connectivity index (χ4v) is 3.40. The van der Waals surface area contributed by atoms with E-state index in [1.54, 1.807) is 18.2 Å². The molecule has 0 fully saturated rings. The van der Waals surface area contributed by atoms with Crippen molar-refractivity contribution >= 4 is 37.7 Å². The highest BCUT2D eigenvalue weighted by molar-refractivity contribution is 9.11. The number of benzene rings is 1. The SMILES string of the molecule is C=C(Br)CN1C(=O)Nc2ccccc2S1(=O)=O. The number of hydrogen-bond acceptors (Lipinski definition) is 3. The first-order valence-electron chi connectivity index (χ1n) is 4.69. The van der Waals surface area contributed by atoms with Crippen LogP contribution in [0.25, 0.3) is 0 Å². The first-order chi connectivity index (χ1) is 7.93. The number of nitrogens with one attached hydrogen (secondary N) is 1. The largest absolute Gasteiger partial charge is 0.336 e. The van der Waals surface area contributed by atoms with Gasteiger partial charge in [-0.05, 0) is 12.1 Å². The molecule has 0 spiro atoms. The molecule has 1 aliphatic rings. The van der Waals surface area contributed by atoms with Gasteiger partial charge in [0.15, 0.2) is 0 Å². The van der Waals surface area contributed by atoms with Crippen LogP contribution in [0.5, 0.6) is 0 Å². The van der Waals surface area contributed by atoms with Gasteiger partial charge in [0.05, 0.1) is 12.2 Å². The van der Waals surface area contributed by atoms with E-state index >= 15 is 0 Å². The molecule has 5 nitrogen and oxygen atoms in total. The molecule has 0 unspecified atom stereocenters. The van der Waals surface area contributed by atoms with Crippen LogP contribution in [-0.4, -0.2) is 25.3 Å². The van der Waals surface area contributed by atoms with Gasteiger partial charge in [0, 0.05) is 4.48 Å². The highest BCUT2D eigenvalue weighted by atomic mass is 79.9. The summed E-state index contributed by atoms with van der Waals surface area (Å²) in [5.41, 5.74) is 0.300. The predicted octanol–water partition coefficient (Wildman–Crippen LogP) is 2.13. The maximum atomic E-state index is 12.2. The first kappa shape index (κ1) is 12.1. The van der Waals surface area contributed by atoms with Gasteiger partial charge in [0.2, 0.25) is 0 Å². The van der Waals surface area contributed by atoms with Gasteiger partial charge in [-0.25, -0.2) is 17.5 Å². The predicted molar refractivity (Wildman–Crippen MR) is 67.4 cm³/mol. The molecule has 1 N–H and O–H groups in total. The van der Waals surface area contributed by atoms with E-state index < -0.39 is 16.1 Å². The van der Waals surface area contributed by atoms with E-state index in [2.05, 4.69) is 27.8 Å². The number of halogens is 1. The number of carbonyl (C=O) groups excluding carboxylic acids is 1. The number of carbonyl (C=O) groups is 1. The van der Waals surface area contributed by atoms with Gasteiger partial charge in [0.1, 0.15) is 4.90 Å². The smallest absolute Gasteiger partial charge is 0.306 e. The maximum absolute atomic E-state index is 12.2. The zero-order valence-corrected chi connectivity index (χ0v) is 11.1. The van der Waals surface area contributed by atoms with Crippen LogP contribution in [0.2, 0.25) is 0 Å². The first-order valence-corrected chi connectivity index (χ1v) is 6.92. The maximum Gasteiger partial charge on any atom is 0.336 e. The third-order valence-corrected chi connectivity index (χ3v) is 4.28. The van der Waals surface area contributed by atoms with Crippen LogP contribution in [0.1, 0.15) is 0 Å². The Labute approximate surface area is 107 Å². The quantitative estimate of drug-likeness (QED) is 0.909. The van der Waals surface area contributed by atoms with E-state index in [1.807, 2.05) is 0 Å². The Bertz CT molecular complexity index is 597. The van der Waals surface area contributed by atoms with Gasteiger partial charge in [-0.3, -0.25) is 0 Å². The third kappa shape index (κ3) is 2.07. The summed E-state index contributed by atoms with van der Waals surface area (Å²) in [6.45, 7) is 3.44. The van der Waals surface area contributed by atoms with Crippen molar-refractivity contribution < 1.29 is 13.2 Å². The van der Waals surface area contributed by atoms with Gasteiger partial charge >= 0.3 is 6.03 Å². The molecule has 0 aromatic heterocycles. The van der Waals surface area contributed by atoms with Gasteiger partial charge in [-0.15, -0.1) is 0 Å². The zero-order chi connectivity index (χ0) is 12.6. The number of para-hydroxylation sites is 1. The number of sulfonamides is 1. The normalized spacial score (nSPS) is 17.2. The van der Waals surface area contributed by atoms with Crippen LogP contribution in [0.4, 0.5) is 10.5 Å². The van der Waals surface area contributed by atoms with E-state index in [0.717, 1.165) is 4.31 Å². The molecule has 7 heteroatoms. The minimum atomic E-state index is -3.80. The molecular formula is C10H9BrN2O3S. The average Bonchev–Trinajstić information content (AvgIpc) is 2.24. The molecule has 0 saturated heterocycles. The van der Waals surface area contributed by atoms with Crippen LogP contribution in [0.3, 0.4) is 0 Å². The Kier molecular flexibility index (Phi) is 2.96. The number of fused-ring (bicyclic) bond motifs is 1. The number of amides is 2. The van der Waals surface area contributed by atoms with Gasteiger partial charge in [-0.1, -0.05) is 34.6 Å². The number of urea groups is 1. The summed E-state index contributed by atoms with van der Waals surface area (Å²) < 4.78 is 25.5. The Morgan fingerprint density at radius 1 is 1.41 bits per heavy atom. The monoisotopic (exact) mass is 316 g/mol. The van der Waals surface area contributed by atoms with Crippen molar-refractivity contribution in [1.82, 2.24) is 4.31 Å². The molecule has 0 saturated carbocycles. The average molecular weight is 317 g/mol. The standard InChI is InChI=1S/C10H9BrN2O3S/c1-7(11)6-13-10(14)12-8-4-2-3-5-9(8)17(13,15)16/h2-5H,1,6H2,(H,12,14). The van der Waals surface area contributed by atoms with Crippen LogP contribution in [0.15, 0.2) is 40.2 Å². The van der Waals surface area contributed by atoms with Gasteiger partial charge in [0.25, 0.3) is 10.0 Å². The summed E-state index contributed by atoms with van der Waals surface area (Å²) in [6, 6.07) is 5.59. The summed E-state index contributed by atoms with van der Waals surface area (Å²) >= 11 is 3.05. The fraction of sp³-hybridized carbons (Fsp3) is 0.100. The summed E-state index contributed by atoms with van der Waals surface area (Å²) in [6.07, 6.45) is 0. The van der Waals surface area contributed by atoms with Crippen molar-refractivity contribution in [2.45, 2.75) is 4.90 Å². The van der Waals surface area contributed by atoms with Crippen molar-refractivity contribution in [2.24, 2.45) is 0 Å². The van der Waals surface area contributed by atoms with E-state index in [-0.39, 0.29) is 11.4 Å². The van der Waals surface area contributed by atoms with E-state index in [9.17, 15) is 13.2 Å². The van der Waals surface area contributed by atoms with Crippen LogP contribution >= 0.6 is 15.9 Å². The van der Waals surface area contributed by atoms with E-state index in [0.29, 0.717) is 10.2 Å². The molecule has 2 rings (SSSR count). The Morgan fingerprint density at radius 2 is 2.06 bits per heavy atom. The molecule has 0 atom stereocenters. The van der Waals surface area contributed by atoms with Crippen molar-refractivity contribution in [3.05, 3.63) is 35.3 Å². The second kappa shape index (κ2) is 4.15. The zero-order valence-electron chi connectivity index (χ0n) is 8.68. The topological polar surface area (TPSA) is 66.5 Å². The Hall–Kier alpha value is -1.34. The molecule has 0 aliphatic carbocycles. The van der Waals surface area contributed by atoms with Crippen molar-refractivity contribution in [3.63, 3.8) is 0 Å². The minimum absolute atomic E-state index is 0.0911. The highest BCUT2D eigenvalue weighted by Gasteiger charge is 2.36. The second-order valence-corrected chi connectivity index (χ2v) is 6.41. The number of hydrogen-bond donors (Lipinski definition) is 1. The fourth-order valence-electron chi connectivity index (χ4n) is 1.51. The summed E-state index contributed by atoms with van der Waals surface area (Å²) in [4.78, 5) is 11.8. The molecule has 1 heterocycles. The summed E-state index contributed by atoms with van der Waals surface area (Å²) in [7, 11) is -3.80. The summed E-state index contributed by atoms with van der Waals surface area (Å²) in [5, 5.41) is 2.52. The highest BCUT2D eigenvalue weighted by Crippen LogP contribution is 2.30. The molecule has 90 valence electrons. The number of anilines is 1. The molecule has 1 aromatic rings. The van der Waals surface area contributed by atoms with Gasteiger partial charge in [-0.2, -0.15) is 0 Å². The molecule has 17 heavy (non-hydrogen) atoms. The minimum Gasteiger partial charge on any atom is -0.306 e. The molecule has 0 radical (unpaired) electrons. The lowest BCUT2D eigenvalue weighted by atomic mass is 10.3. The van der Waals surface area contributed by atoms with Crippen LogP contribution in [-0.2, 0) is 10.0 Å². The van der Waals surface area contributed by atoms with Crippen molar-refractivity contribution in [1.29, 1.82) is 0 Å². The second-order valence-electron chi connectivity index (χ2n) is 3.46. The lowest BCUT2D eigenvalue weighted by Crippen LogP contribution is -2.44. The van der Waals surface area contributed by atoms with Crippen LogP contribution < -0.4 is 5.32 Å². The molecule has 0 bridgehead atoms. The third-order valence-electron chi connectivity index (χ3n) is 2.24. The van der Waals surface area contributed by atoms with E-state index in [4.69, 9.17) is 0 Å². The molecule has 1 aliphatic heterocycles. The van der Waals surface area contributed by atoms with Gasteiger partial charge < -0.3 is 5.32 Å². The molecule has 2 amide bonds. The molecular weight excluding hydrogens is 308 g/mol. The lowest BCUT2D eigenvalue weighted by molar-refractivity contribution is 0.237. The number of nitrogens with zero attached hydrogens (tertiary/aromatic N) is 1. The van der Waals surface area contributed by atoms with Crippen LogP contribution in [0, 0.1) is 0 Å². The van der Waals surface area contributed by atoms with Crippen molar-refractivity contribution in [3.8, 4) is 0 Å².